The summed E-state index contributed by atoms with van der Waals surface area (Å²) in [6.45, 7) is 3.18. The van der Waals surface area contributed by atoms with E-state index in [1.54, 1.807) is 13.8 Å². The van der Waals surface area contributed by atoms with Crippen LogP contribution < -0.4 is 10.6 Å². The first kappa shape index (κ1) is 17.1. The van der Waals surface area contributed by atoms with Gasteiger partial charge in [0.1, 0.15) is 0 Å². The van der Waals surface area contributed by atoms with E-state index in [1.807, 2.05) is 0 Å². The maximum atomic E-state index is 11.9. The number of nitro benzene ring substituents is 1. The highest BCUT2D eigenvalue weighted by Crippen LogP contribution is 2.17. The van der Waals surface area contributed by atoms with Gasteiger partial charge in [0.25, 0.3) is 11.6 Å². The molecule has 1 aromatic carbocycles. The van der Waals surface area contributed by atoms with Crippen LogP contribution in [-0.4, -0.2) is 40.4 Å². The van der Waals surface area contributed by atoms with Crippen LogP contribution in [0.3, 0.4) is 0 Å². The van der Waals surface area contributed by atoms with Crippen LogP contribution >= 0.6 is 0 Å². The molecule has 0 aromatic heterocycles. The average molecular weight is 309 g/mol. The van der Waals surface area contributed by atoms with Crippen molar-refractivity contribution in [3.63, 3.8) is 0 Å². The van der Waals surface area contributed by atoms with E-state index in [0.717, 1.165) is 18.2 Å². The fraction of sp³-hybridized carbons (Fsp3) is 0.308. The number of nitrogens with one attached hydrogen (secondary N) is 2. The summed E-state index contributed by atoms with van der Waals surface area (Å²) in [4.78, 5) is 44.2. The Morgan fingerprint density at radius 3 is 2.32 bits per heavy atom. The van der Waals surface area contributed by atoms with Gasteiger partial charge in [-0.05, 0) is 19.9 Å². The van der Waals surface area contributed by atoms with Gasteiger partial charge < -0.3 is 15.7 Å². The van der Waals surface area contributed by atoms with Crippen molar-refractivity contribution < 1.29 is 24.4 Å². The molecule has 0 saturated heterocycles. The fourth-order valence-electron chi connectivity index (χ4n) is 1.61. The molecule has 0 unspecified atom stereocenters. The van der Waals surface area contributed by atoms with Crippen LogP contribution in [-0.2, 0) is 4.79 Å². The molecule has 0 aliphatic carbocycles. The van der Waals surface area contributed by atoms with Crippen molar-refractivity contribution in [2.75, 3.05) is 6.54 Å². The van der Waals surface area contributed by atoms with E-state index in [4.69, 9.17) is 5.11 Å². The topological polar surface area (TPSA) is 139 Å². The summed E-state index contributed by atoms with van der Waals surface area (Å²) in [5.74, 6) is -2.59. The van der Waals surface area contributed by atoms with Crippen LogP contribution in [0.15, 0.2) is 18.2 Å². The lowest BCUT2D eigenvalue weighted by atomic mass is 10.1. The lowest BCUT2D eigenvalue weighted by Crippen LogP contribution is -2.39. The fourth-order valence-corrected chi connectivity index (χ4v) is 1.61. The number of amides is 2. The second-order valence-electron chi connectivity index (χ2n) is 4.74. The Bertz CT molecular complexity index is 594. The summed E-state index contributed by atoms with van der Waals surface area (Å²) in [7, 11) is 0. The molecule has 3 N–H and O–H groups in total. The molecular weight excluding hydrogens is 294 g/mol. The highest BCUT2D eigenvalue weighted by molar-refractivity contribution is 5.99. The van der Waals surface area contributed by atoms with Crippen LogP contribution in [0.1, 0.15) is 34.6 Å². The zero-order chi connectivity index (χ0) is 16.9. The van der Waals surface area contributed by atoms with Crippen LogP contribution in [0.25, 0.3) is 0 Å². The second-order valence-corrected chi connectivity index (χ2v) is 4.74. The van der Waals surface area contributed by atoms with Gasteiger partial charge in [0.2, 0.25) is 5.91 Å². The van der Waals surface area contributed by atoms with Crippen LogP contribution in [0.4, 0.5) is 5.69 Å². The van der Waals surface area contributed by atoms with Gasteiger partial charge in [-0.3, -0.25) is 19.7 Å². The first-order chi connectivity index (χ1) is 10.2. The third kappa shape index (κ3) is 4.85. The highest BCUT2D eigenvalue weighted by atomic mass is 16.6. The molecule has 0 saturated carbocycles. The number of aromatic carboxylic acids is 1. The molecule has 1 rings (SSSR count). The van der Waals surface area contributed by atoms with Crippen molar-refractivity contribution in [2.45, 2.75) is 19.9 Å². The molecule has 0 aliphatic heterocycles. The summed E-state index contributed by atoms with van der Waals surface area (Å²) in [6, 6.07) is 2.71. The van der Waals surface area contributed by atoms with Gasteiger partial charge in [0, 0.05) is 23.7 Å². The van der Waals surface area contributed by atoms with E-state index in [0.29, 0.717) is 0 Å². The van der Waals surface area contributed by atoms with E-state index >= 15 is 0 Å². The number of carbonyl (C=O) groups excluding carboxylic acids is 2. The Morgan fingerprint density at radius 2 is 1.82 bits per heavy atom. The van der Waals surface area contributed by atoms with Crippen LogP contribution in [0.2, 0.25) is 0 Å². The number of carboxylic acid groups (broad SMARTS) is 1. The number of rotatable bonds is 6. The van der Waals surface area contributed by atoms with Gasteiger partial charge in [0.05, 0.1) is 17.0 Å². The molecule has 0 aliphatic rings. The van der Waals surface area contributed by atoms with Crippen molar-refractivity contribution in [2.24, 2.45) is 0 Å². The van der Waals surface area contributed by atoms with E-state index < -0.39 is 28.4 Å². The number of non-ortho nitro benzene ring substituents is 1. The molecule has 2 amide bonds. The smallest absolute Gasteiger partial charge is 0.335 e. The monoisotopic (exact) mass is 309 g/mol. The number of nitrogens with zero attached hydrogens (tertiary/aromatic N) is 1. The average Bonchev–Trinajstić information content (AvgIpc) is 2.43. The largest absolute Gasteiger partial charge is 0.478 e. The van der Waals surface area contributed by atoms with E-state index in [1.165, 1.54) is 0 Å². The summed E-state index contributed by atoms with van der Waals surface area (Å²) >= 11 is 0. The van der Waals surface area contributed by atoms with Crippen LogP contribution in [0, 0.1) is 10.1 Å². The molecule has 1 aromatic rings. The minimum Gasteiger partial charge on any atom is -0.478 e. The summed E-state index contributed by atoms with van der Waals surface area (Å²) in [5.41, 5.74) is -1.10. The number of carbonyl (C=O) groups is 3. The maximum Gasteiger partial charge on any atom is 0.335 e. The Morgan fingerprint density at radius 1 is 1.23 bits per heavy atom. The minimum absolute atomic E-state index is 0.0965. The van der Waals surface area contributed by atoms with Gasteiger partial charge in [-0.15, -0.1) is 0 Å². The predicted molar refractivity (Wildman–Crippen MR) is 75.7 cm³/mol. The van der Waals surface area contributed by atoms with Crippen LogP contribution in [0.5, 0.6) is 0 Å². The Hall–Kier alpha value is -2.97. The number of carboxylic acids is 1. The summed E-state index contributed by atoms with van der Waals surface area (Å²) in [5, 5.41) is 24.5. The highest BCUT2D eigenvalue weighted by Gasteiger charge is 2.18. The third-order valence-corrected chi connectivity index (χ3v) is 2.50. The molecule has 0 bridgehead atoms. The van der Waals surface area contributed by atoms with Gasteiger partial charge in [-0.2, -0.15) is 0 Å². The van der Waals surface area contributed by atoms with Crippen molar-refractivity contribution in [1.29, 1.82) is 0 Å². The minimum atomic E-state index is -1.39. The van der Waals surface area contributed by atoms with E-state index in [-0.39, 0.29) is 23.7 Å². The Kier molecular flexibility index (Phi) is 5.56. The number of nitro groups is 1. The predicted octanol–water partition coefficient (Wildman–Crippen LogP) is 0.547. The standard InChI is InChI=1S/C13H15N3O6/c1-7(2)15-11(17)6-14-12(18)8-3-9(13(19)20)5-10(4-8)16(21)22/h3-5,7H,6H2,1-2H3,(H,14,18)(H,15,17)(H,19,20). The molecule has 0 atom stereocenters. The van der Waals surface area contributed by atoms with E-state index in [9.17, 15) is 24.5 Å². The number of benzene rings is 1. The first-order valence-electron chi connectivity index (χ1n) is 6.31. The van der Waals surface area contributed by atoms with Gasteiger partial charge in [-0.25, -0.2) is 4.79 Å². The third-order valence-electron chi connectivity index (χ3n) is 2.50. The van der Waals surface area contributed by atoms with Gasteiger partial charge >= 0.3 is 5.97 Å². The molecule has 118 valence electrons. The second kappa shape index (κ2) is 7.16. The Labute approximate surface area is 125 Å². The quantitative estimate of drug-likeness (QED) is 0.518. The molecule has 9 nitrogen and oxygen atoms in total. The SMILES string of the molecule is CC(C)NC(=O)CNC(=O)c1cc(C(=O)O)cc([N+](=O)[O-])c1. The van der Waals surface area contributed by atoms with E-state index in [2.05, 4.69) is 10.6 Å². The summed E-state index contributed by atoms with van der Waals surface area (Å²) in [6.07, 6.45) is 0. The normalized spacial score (nSPS) is 10.1. The first-order valence-corrected chi connectivity index (χ1v) is 6.31. The van der Waals surface area contributed by atoms with Crippen molar-refractivity contribution >= 4 is 23.5 Å². The molecule has 0 radical (unpaired) electrons. The van der Waals surface area contributed by atoms with Crippen molar-refractivity contribution in [3.8, 4) is 0 Å². The lowest BCUT2D eigenvalue weighted by Gasteiger charge is -2.09. The zero-order valence-corrected chi connectivity index (χ0v) is 12.0. The number of hydrogen-bond acceptors (Lipinski definition) is 5. The maximum absolute atomic E-state index is 11.9. The molecule has 0 spiro atoms. The molecule has 0 fully saturated rings. The number of hydrogen-bond donors (Lipinski definition) is 3. The molecule has 0 heterocycles. The van der Waals surface area contributed by atoms with Crippen molar-refractivity contribution in [1.82, 2.24) is 10.6 Å². The summed E-state index contributed by atoms with van der Waals surface area (Å²) < 4.78 is 0. The zero-order valence-electron chi connectivity index (χ0n) is 12.0. The molecule has 22 heavy (non-hydrogen) atoms. The Balaban J connectivity index is 2.90. The van der Waals surface area contributed by atoms with Gasteiger partial charge in [0.15, 0.2) is 0 Å². The molecular formula is C13H15N3O6. The molecule has 9 heteroatoms. The van der Waals surface area contributed by atoms with Gasteiger partial charge in [-0.1, -0.05) is 0 Å². The lowest BCUT2D eigenvalue weighted by molar-refractivity contribution is -0.384. The van der Waals surface area contributed by atoms with Crippen molar-refractivity contribution in [3.05, 3.63) is 39.4 Å².